The zero-order chi connectivity index (χ0) is 23.9. The van der Waals surface area contributed by atoms with E-state index < -0.39 is 17.7 Å². The summed E-state index contributed by atoms with van der Waals surface area (Å²) >= 11 is 0. The number of ketones is 1. The van der Waals surface area contributed by atoms with Crippen LogP contribution in [0, 0.1) is 13.8 Å². The Morgan fingerprint density at radius 1 is 1.12 bits per heavy atom. The van der Waals surface area contributed by atoms with Gasteiger partial charge in [-0.25, -0.2) is 4.98 Å². The summed E-state index contributed by atoms with van der Waals surface area (Å²) in [6, 6.07) is 11.1. The minimum atomic E-state index is -0.677. The summed E-state index contributed by atoms with van der Waals surface area (Å²) in [5.41, 5.74) is 4.75. The molecule has 3 heterocycles. The number of fused-ring (bicyclic) bond motifs is 1. The molecule has 0 aliphatic carbocycles. The van der Waals surface area contributed by atoms with Gasteiger partial charge in [0.1, 0.15) is 11.3 Å². The third-order valence-electron chi connectivity index (χ3n) is 6.34. The third-order valence-corrected chi connectivity index (χ3v) is 6.34. The van der Waals surface area contributed by atoms with Crippen molar-refractivity contribution < 1.29 is 14.7 Å². The van der Waals surface area contributed by atoms with E-state index in [1.54, 1.807) is 4.90 Å². The molecule has 1 fully saturated rings. The second-order valence-electron chi connectivity index (χ2n) is 8.82. The molecule has 1 N–H and O–H groups in total. The van der Waals surface area contributed by atoms with Crippen LogP contribution in [-0.2, 0) is 16.0 Å². The Bertz CT molecular complexity index is 1250. The molecule has 0 radical (unpaired) electrons. The number of aliphatic hydroxyl groups excluding tert-OH is 1. The maximum atomic E-state index is 13.2. The molecular formula is C26H30N4O3. The molecule has 0 spiro atoms. The van der Waals surface area contributed by atoms with Crippen LogP contribution in [-0.4, -0.2) is 63.2 Å². The molecule has 1 atom stereocenters. The summed E-state index contributed by atoms with van der Waals surface area (Å²) < 4.78 is 1.89. The molecule has 0 saturated carbocycles. The fraction of sp³-hybridized carbons (Fsp3) is 0.346. The molecule has 33 heavy (non-hydrogen) atoms. The van der Waals surface area contributed by atoms with Gasteiger partial charge in [0, 0.05) is 19.3 Å². The van der Waals surface area contributed by atoms with Gasteiger partial charge in [-0.15, -0.1) is 0 Å². The van der Waals surface area contributed by atoms with Crippen LogP contribution in [0.4, 0.5) is 0 Å². The van der Waals surface area contributed by atoms with Gasteiger partial charge in [-0.2, -0.15) is 0 Å². The average molecular weight is 447 g/mol. The summed E-state index contributed by atoms with van der Waals surface area (Å²) in [7, 11) is 3.84. The maximum Gasteiger partial charge on any atom is 0.295 e. The van der Waals surface area contributed by atoms with Crippen LogP contribution >= 0.6 is 0 Å². The van der Waals surface area contributed by atoms with E-state index in [0.717, 1.165) is 23.1 Å². The lowest BCUT2D eigenvalue weighted by Gasteiger charge is -2.26. The lowest BCUT2D eigenvalue weighted by Crippen LogP contribution is -2.35. The number of pyridine rings is 1. The van der Waals surface area contributed by atoms with Gasteiger partial charge in [0.2, 0.25) is 0 Å². The fourth-order valence-corrected chi connectivity index (χ4v) is 4.37. The zero-order valence-electron chi connectivity index (χ0n) is 19.8. The Balaban J connectivity index is 1.90. The second-order valence-corrected chi connectivity index (χ2v) is 8.82. The molecular weight excluding hydrogens is 416 g/mol. The van der Waals surface area contributed by atoms with Gasteiger partial charge < -0.3 is 19.3 Å². The topological polar surface area (TPSA) is 78.1 Å². The number of likely N-dealkylation sites (N-methyl/N-ethyl adjacent to an activating group) is 1. The number of benzene rings is 1. The van der Waals surface area contributed by atoms with E-state index in [1.807, 2.05) is 79.8 Å². The standard InChI is InChI=1S/C26H30N4O3/c1-6-18-9-11-19(12-10-18)22-20(24(32)26(33)30(22)15-14-28(4)5)23(31)21-17(3)29-13-7-8-16(2)25(29)27-21/h7-13,22,31H,6,14-15H2,1-5H3/b23-20+. The van der Waals surface area contributed by atoms with Crippen molar-refractivity contribution >= 4 is 23.1 Å². The highest BCUT2D eigenvalue weighted by molar-refractivity contribution is 6.46. The number of hydrogen-bond acceptors (Lipinski definition) is 5. The van der Waals surface area contributed by atoms with Gasteiger partial charge in [0.15, 0.2) is 5.76 Å². The Labute approximate surface area is 194 Å². The Morgan fingerprint density at radius 3 is 2.42 bits per heavy atom. The van der Waals surface area contributed by atoms with Crippen molar-refractivity contribution in [1.29, 1.82) is 0 Å². The molecule has 2 aromatic heterocycles. The maximum absolute atomic E-state index is 13.2. The monoisotopic (exact) mass is 446 g/mol. The summed E-state index contributed by atoms with van der Waals surface area (Å²) in [5.74, 6) is -1.50. The third kappa shape index (κ3) is 3.93. The fourth-order valence-electron chi connectivity index (χ4n) is 4.37. The Kier molecular flexibility index (Phi) is 6.08. The highest BCUT2D eigenvalue weighted by atomic mass is 16.3. The summed E-state index contributed by atoms with van der Waals surface area (Å²) in [4.78, 5) is 34.4. The number of carbonyl (C=O) groups excluding carboxylic acids is 2. The first-order chi connectivity index (χ1) is 15.7. The number of Topliss-reactive ketones (excluding diaryl/α,β-unsaturated/α-hetero) is 1. The molecule has 0 bridgehead atoms. The molecule has 7 heteroatoms. The van der Waals surface area contributed by atoms with E-state index in [-0.39, 0.29) is 11.3 Å². The lowest BCUT2D eigenvalue weighted by atomic mass is 9.95. The first kappa shape index (κ1) is 22.7. The molecule has 7 nitrogen and oxygen atoms in total. The highest BCUT2D eigenvalue weighted by Crippen LogP contribution is 2.39. The number of amides is 1. The number of nitrogens with zero attached hydrogens (tertiary/aromatic N) is 4. The lowest BCUT2D eigenvalue weighted by molar-refractivity contribution is -0.140. The van der Waals surface area contributed by atoms with E-state index in [1.165, 1.54) is 0 Å². The number of aliphatic hydroxyl groups is 1. The van der Waals surface area contributed by atoms with Gasteiger partial charge in [0.25, 0.3) is 11.7 Å². The number of likely N-dealkylation sites (tertiary alicyclic amines) is 1. The minimum absolute atomic E-state index is 0.0900. The highest BCUT2D eigenvalue weighted by Gasteiger charge is 2.46. The molecule has 1 aromatic carbocycles. The quantitative estimate of drug-likeness (QED) is 0.356. The minimum Gasteiger partial charge on any atom is -0.505 e. The molecule has 1 amide bonds. The van der Waals surface area contributed by atoms with E-state index >= 15 is 0 Å². The molecule has 172 valence electrons. The number of hydrogen-bond donors (Lipinski definition) is 1. The van der Waals surface area contributed by atoms with E-state index in [2.05, 4.69) is 11.9 Å². The summed E-state index contributed by atoms with van der Waals surface area (Å²) in [6.07, 6.45) is 2.76. The zero-order valence-corrected chi connectivity index (χ0v) is 19.8. The number of aromatic nitrogens is 2. The average Bonchev–Trinajstić information content (AvgIpc) is 3.27. The molecule has 1 unspecified atom stereocenters. The number of imidazole rings is 1. The van der Waals surface area contributed by atoms with Gasteiger partial charge in [0.05, 0.1) is 17.3 Å². The van der Waals surface area contributed by atoms with Gasteiger partial charge in [-0.3, -0.25) is 9.59 Å². The first-order valence-corrected chi connectivity index (χ1v) is 11.2. The Morgan fingerprint density at radius 2 is 1.82 bits per heavy atom. The van der Waals surface area contributed by atoms with Crippen LogP contribution in [0.15, 0.2) is 48.2 Å². The van der Waals surface area contributed by atoms with Gasteiger partial charge in [-0.05, 0) is 57.1 Å². The summed E-state index contributed by atoms with van der Waals surface area (Å²) in [5, 5.41) is 11.4. The second kappa shape index (κ2) is 8.83. The van der Waals surface area contributed by atoms with Crippen molar-refractivity contribution in [3.63, 3.8) is 0 Å². The van der Waals surface area contributed by atoms with Gasteiger partial charge >= 0.3 is 0 Å². The smallest absolute Gasteiger partial charge is 0.295 e. The summed E-state index contributed by atoms with van der Waals surface area (Å²) in [6.45, 7) is 6.84. The van der Waals surface area contributed by atoms with Crippen molar-refractivity contribution in [3.05, 3.63) is 76.2 Å². The van der Waals surface area contributed by atoms with Crippen molar-refractivity contribution in [2.24, 2.45) is 0 Å². The molecule has 1 aliphatic heterocycles. The van der Waals surface area contributed by atoms with Gasteiger partial charge in [-0.1, -0.05) is 37.3 Å². The van der Waals surface area contributed by atoms with Crippen LogP contribution < -0.4 is 0 Å². The van der Waals surface area contributed by atoms with Crippen molar-refractivity contribution in [3.8, 4) is 0 Å². The van der Waals surface area contributed by atoms with Crippen molar-refractivity contribution in [1.82, 2.24) is 19.2 Å². The van der Waals surface area contributed by atoms with Crippen LogP contribution in [0.25, 0.3) is 11.4 Å². The Hall–Kier alpha value is -3.45. The van der Waals surface area contributed by atoms with E-state index in [4.69, 9.17) is 0 Å². The first-order valence-electron chi connectivity index (χ1n) is 11.2. The van der Waals surface area contributed by atoms with Crippen molar-refractivity contribution in [2.45, 2.75) is 33.2 Å². The largest absolute Gasteiger partial charge is 0.505 e. The van der Waals surface area contributed by atoms with Crippen LogP contribution in [0.1, 0.15) is 41.0 Å². The van der Waals surface area contributed by atoms with Crippen molar-refractivity contribution in [2.75, 3.05) is 27.2 Å². The molecule has 1 aliphatic rings. The van der Waals surface area contributed by atoms with Crippen LogP contribution in [0.2, 0.25) is 0 Å². The van der Waals surface area contributed by atoms with E-state index in [0.29, 0.717) is 30.1 Å². The molecule has 1 saturated heterocycles. The molecule has 4 rings (SSSR count). The number of carbonyl (C=O) groups is 2. The molecule has 3 aromatic rings. The SMILES string of the molecule is CCc1ccc(C2/C(=C(\O)c3nc4c(C)cccn4c3C)C(=O)C(=O)N2CCN(C)C)cc1. The normalized spacial score (nSPS) is 18.1. The van der Waals surface area contributed by atoms with Crippen LogP contribution in [0.3, 0.4) is 0 Å². The van der Waals surface area contributed by atoms with Crippen LogP contribution in [0.5, 0.6) is 0 Å². The number of rotatable bonds is 6. The van der Waals surface area contributed by atoms with E-state index in [9.17, 15) is 14.7 Å². The predicted molar refractivity (Wildman–Crippen MR) is 128 cm³/mol. The predicted octanol–water partition coefficient (Wildman–Crippen LogP) is 3.50. The number of aryl methyl sites for hydroxylation is 3.